The number of aryl methyl sites for hydroxylation is 4. The van der Waals surface area contributed by atoms with Gasteiger partial charge in [-0.05, 0) is 94.5 Å². The van der Waals surface area contributed by atoms with E-state index < -0.39 is 0 Å². The Bertz CT molecular complexity index is 1470. The van der Waals surface area contributed by atoms with Crippen LogP contribution in [0.1, 0.15) is 44.5 Å². The van der Waals surface area contributed by atoms with Crippen LogP contribution in [0.2, 0.25) is 0 Å². The van der Waals surface area contributed by atoms with Gasteiger partial charge in [0.25, 0.3) is 0 Å². The summed E-state index contributed by atoms with van der Waals surface area (Å²) >= 11 is 0. The van der Waals surface area contributed by atoms with E-state index in [0.717, 1.165) is 0 Å². The fourth-order valence-corrected chi connectivity index (χ4v) is 7.12. The molecule has 0 spiro atoms. The molecule has 0 saturated carbocycles. The Balaban J connectivity index is 0.000000171. The van der Waals surface area contributed by atoms with Crippen LogP contribution < -0.4 is 0 Å². The highest BCUT2D eigenvalue weighted by Crippen LogP contribution is 2.51. The Morgan fingerprint density at radius 3 is 1.07 bits per heavy atom. The van der Waals surface area contributed by atoms with Gasteiger partial charge >= 0.3 is 0 Å². The van der Waals surface area contributed by atoms with Crippen LogP contribution in [-0.2, 0) is 29.8 Å². The van der Waals surface area contributed by atoms with Crippen molar-refractivity contribution in [1.29, 1.82) is 0 Å². The molecule has 0 saturated heterocycles. The van der Waals surface area contributed by atoms with Gasteiger partial charge in [0.15, 0.2) is 0 Å². The molecule has 2 aliphatic rings. The van der Waals surface area contributed by atoms with Crippen molar-refractivity contribution in [2.75, 3.05) is 54.9 Å². The molecule has 0 atom stereocenters. The van der Waals surface area contributed by atoms with E-state index in [1.54, 1.807) is 28.4 Å². The largest absolute Gasteiger partial charge is 0.383 e. The van der Waals surface area contributed by atoms with E-state index in [1.165, 1.54) is 66.8 Å². The number of fused-ring (bicyclic) bond motifs is 6. The first-order chi connectivity index (χ1) is 20.3. The smallest absolute Gasteiger partial charge is 0.0681 e. The van der Waals surface area contributed by atoms with Gasteiger partial charge in [0, 0.05) is 28.4 Å². The molecule has 6 rings (SSSR count). The SMILES string of the molecule is COCC1(COC)c2cc(C)c(C)cc2-c2cc(C)c(C)cc21.COCC1(COC)c2ccccc2-c2ccccc21. The van der Waals surface area contributed by atoms with Crippen molar-refractivity contribution in [3.63, 3.8) is 0 Å². The molecule has 0 fully saturated rings. The summed E-state index contributed by atoms with van der Waals surface area (Å²) in [4.78, 5) is 0. The third kappa shape index (κ3) is 4.81. The lowest BCUT2D eigenvalue weighted by molar-refractivity contribution is 0.0814. The van der Waals surface area contributed by atoms with Crippen molar-refractivity contribution in [2.24, 2.45) is 0 Å². The quantitative estimate of drug-likeness (QED) is 0.220. The fraction of sp³-hybridized carbons (Fsp3) is 0.368. The van der Waals surface area contributed by atoms with Crippen LogP contribution >= 0.6 is 0 Å². The monoisotopic (exact) mass is 564 g/mol. The van der Waals surface area contributed by atoms with Crippen LogP contribution in [0.25, 0.3) is 22.3 Å². The molecule has 2 aliphatic carbocycles. The topological polar surface area (TPSA) is 36.9 Å². The molecule has 0 bridgehead atoms. The third-order valence-electron chi connectivity index (χ3n) is 9.33. The van der Waals surface area contributed by atoms with E-state index in [9.17, 15) is 0 Å². The van der Waals surface area contributed by atoms with Crippen LogP contribution in [0.5, 0.6) is 0 Å². The van der Waals surface area contributed by atoms with E-state index in [4.69, 9.17) is 18.9 Å². The van der Waals surface area contributed by atoms with E-state index in [1.807, 2.05) is 0 Å². The van der Waals surface area contributed by atoms with Crippen molar-refractivity contribution < 1.29 is 18.9 Å². The molecule has 0 amide bonds. The minimum absolute atomic E-state index is 0.184. The Hall–Kier alpha value is -3.28. The van der Waals surface area contributed by atoms with Gasteiger partial charge in [-0.1, -0.05) is 72.8 Å². The van der Waals surface area contributed by atoms with Crippen molar-refractivity contribution in [2.45, 2.75) is 38.5 Å². The predicted octanol–water partition coefficient (Wildman–Crippen LogP) is 7.73. The summed E-state index contributed by atoms with van der Waals surface area (Å²) in [6.07, 6.45) is 0. The van der Waals surface area contributed by atoms with Crippen LogP contribution in [0.3, 0.4) is 0 Å². The third-order valence-corrected chi connectivity index (χ3v) is 9.33. The molecule has 4 aromatic carbocycles. The second-order valence-electron chi connectivity index (χ2n) is 12.0. The highest BCUT2D eigenvalue weighted by atomic mass is 16.5. The van der Waals surface area contributed by atoms with E-state index >= 15 is 0 Å². The van der Waals surface area contributed by atoms with Crippen LogP contribution in [0.4, 0.5) is 0 Å². The highest BCUT2D eigenvalue weighted by Gasteiger charge is 2.45. The zero-order valence-electron chi connectivity index (χ0n) is 26.4. The first kappa shape index (κ1) is 30.2. The maximum Gasteiger partial charge on any atom is 0.0681 e. The minimum atomic E-state index is -0.217. The number of hydrogen-bond acceptors (Lipinski definition) is 4. The molecular weight excluding hydrogens is 520 g/mol. The van der Waals surface area contributed by atoms with Gasteiger partial charge in [-0.2, -0.15) is 0 Å². The van der Waals surface area contributed by atoms with Crippen molar-refractivity contribution in [3.8, 4) is 22.3 Å². The summed E-state index contributed by atoms with van der Waals surface area (Å²) in [6, 6.07) is 26.4. The summed E-state index contributed by atoms with van der Waals surface area (Å²) in [7, 11) is 7.05. The number of methoxy groups -OCH3 is 4. The van der Waals surface area contributed by atoms with Gasteiger partial charge in [0.2, 0.25) is 0 Å². The maximum atomic E-state index is 5.66. The van der Waals surface area contributed by atoms with Gasteiger partial charge in [-0.25, -0.2) is 0 Å². The molecule has 0 aliphatic heterocycles. The summed E-state index contributed by atoms with van der Waals surface area (Å²) < 4.78 is 22.3. The average Bonchev–Trinajstić information content (AvgIpc) is 3.38. The zero-order chi connectivity index (χ0) is 30.1. The number of ether oxygens (including phenoxy) is 4. The molecule has 0 aromatic heterocycles. The standard InChI is InChI=1S/C21H26O2.C17H18O2/c1-13-7-17-18-8-14(2)16(4)10-20(18)21(11-22-5,12-23-6)19(17)9-15(13)3;1-18-11-17(12-19-2)15-9-5-3-7-13(15)14-8-4-6-10-16(14)17/h7-10H,11-12H2,1-6H3;3-10H,11-12H2,1-2H3. The van der Waals surface area contributed by atoms with Crippen LogP contribution in [0.15, 0.2) is 72.8 Å². The van der Waals surface area contributed by atoms with Crippen molar-refractivity contribution >= 4 is 0 Å². The molecule has 0 radical (unpaired) electrons. The van der Waals surface area contributed by atoms with Crippen LogP contribution in [-0.4, -0.2) is 54.9 Å². The lowest BCUT2D eigenvalue weighted by atomic mass is 9.78. The van der Waals surface area contributed by atoms with E-state index in [2.05, 4.69) is 100 Å². The number of benzene rings is 4. The predicted molar refractivity (Wildman–Crippen MR) is 172 cm³/mol. The molecule has 4 heteroatoms. The first-order valence-electron chi connectivity index (χ1n) is 14.7. The summed E-state index contributed by atoms with van der Waals surface area (Å²) in [5.74, 6) is 0. The lowest BCUT2D eigenvalue weighted by Gasteiger charge is -2.31. The van der Waals surface area contributed by atoms with E-state index in [0.29, 0.717) is 26.4 Å². The first-order valence-corrected chi connectivity index (χ1v) is 14.7. The number of rotatable bonds is 8. The fourth-order valence-electron chi connectivity index (χ4n) is 7.12. The second-order valence-corrected chi connectivity index (χ2v) is 12.0. The Morgan fingerprint density at radius 2 is 0.714 bits per heavy atom. The zero-order valence-corrected chi connectivity index (χ0v) is 26.4. The second kappa shape index (κ2) is 12.1. The van der Waals surface area contributed by atoms with Crippen molar-refractivity contribution in [3.05, 3.63) is 117 Å². The van der Waals surface area contributed by atoms with Gasteiger partial charge in [-0.15, -0.1) is 0 Å². The molecule has 220 valence electrons. The molecule has 4 aromatic rings. The van der Waals surface area contributed by atoms with Gasteiger partial charge in [-0.3, -0.25) is 0 Å². The van der Waals surface area contributed by atoms with Gasteiger partial charge in [0.05, 0.1) is 37.3 Å². The minimum Gasteiger partial charge on any atom is -0.383 e. The molecule has 4 nitrogen and oxygen atoms in total. The van der Waals surface area contributed by atoms with E-state index in [-0.39, 0.29) is 10.8 Å². The molecule has 42 heavy (non-hydrogen) atoms. The maximum absolute atomic E-state index is 5.66. The van der Waals surface area contributed by atoms with Crippen LogP contribution in [0, 0.1) is 27.7 Å². The molecule has 0 N–H and O–H groups in total. The Morgan fingerprint density at radius 1 is 0.405 bits per heavy atom. The van der Waals surface area contributed by atoms with Gasteiger partial charge < -0.3 is 18.9 Å². The average molecular weight is 565 g/mol. The Labute approximate surface area is 251 Å². The summed E-state index contributed by atoms with van der Waals surface area (Å²) in [5, 5.41) is 0. The number of hydrogen-bond donors (Lipinski definition) is 0. The molecule has 0 heterocycles. The molecule has 0 unspecified atom stereocenters. The Kier molecular flexibility index (Phi) is 8.73. The molecular formula is C38H44O4. The lowest BCUT2D eigenvalue weighted by Crippen LogP contribution is -2.36. The van der Waals surface area contributed by atoms with Crippen molar-refractivity contribution in [1.82, 2.24) is 0 Å². The van der Waals surface area contributed by atoms with Gasteiger partial charge in [0.1, 0.15) is 0 Å². The normalized spacial score (nSPS) is 14.9. The summed E-state index contributed by atoms with van der Waals surface area (Å²) in [6.45, 7) is 11.3. The summed E-state index contributed by atoms with van der Waals surface area (Å²) in [5.41, 5.74) is 15.5. The highest BCUT2D eigenvalue weighted by molar-refractivity contribution is 5.83.